The van der Waals surface area contributed by atoms with Crippen molar-refractivity contribution in [3.05, 3.63) is 50.4 Å². The van der Waals surface area contributed by atoms with E-state index in [1.165, 1.54) is 0 Å². The number of halogens is 1. The van der Waals surface area contributed by atoms with Gasteiger partial charge in [0.25, 0.3) is 5.91 Å². The molecule has 0 aliphatic carbocycles. The Bertz CT molecular complexity index is 539. The van der Waals surface area contributed by atoms with Gasteiger partial charge in [-0.15, -0.1) is 11.3 Å². The molecule has 1 amide bonds. The highest BCUT2D eigenvalue weighted by atomic mass is 79.9. The molecule has 0 radical (unpaired) electrons. The summed E-state index contributed by atoms with van der Waals surface area (Å²) in [4.78, 5) is 16.0. The van der Waals surface area contributed by atoms with Gasteiger partial charge in [-0.3, -0.25) is 4.79 Å². The molecule has 0 aliphatic rings. The summed E-state index contributed by atoms with van der Waals surface area (Å²) in [5.41, 5.74) is 2.39. The van der Waals surface area contributed by atoms with Crippen LogP contribution in [0.4, 0.5) is 0 Å². The molecule has 0 saturated heterocycles. The number of amides is 1. The van der Waals surface area contributed by atoms with E-state index < -0.39 is 0 Å². The van der Waals surface area contributed by atoms with Crippen LogP contribution in [0.15, 0.2) is 33.4 Å². The van der Waals surface area contributed by atoms with Crippen molar-refractivity contribution in [2.45, 2.75) is 13.5 Å². The number of hydrogen-bond acceptors (Lipinski definition) is 3. The van der Waals surface area contributed by atoms with Crippen LogP contribution in [0.25, 0.3) is 0 Å². The number of carbonyl (C=O) groups is 1. The summed E-state index contributed by atoms with van der Waals surface area (Å²) in [5, 5.41) is 4.85. The maximum absolute atomic E-state index is 11.8. The number of hydrogen-bond donors (Lipinski definition) is 1. The van der Waals surface area contributed by atoms with Crippen molar-refractivity contribution in [3.8, 4) is 0 Å². The summed E-state index contributed by atoms with van der Waals surface area (Å²) in [5.74, 6) is -0.143. The highest BCUT2D eigenvalue weighted by Gasteiger charge is 2.07. The third-order valence-corrected chi connectivity index (χ3v) is 3.75. The van der Waals surface area contributed by atoms with Gasteiger partial charge in [-0.1, -0.05) is 6.07 Å². The van der Waals surface area contributed by atoms with Crippen molar-refractivity contribution in [1.29, 1.82) is 0 Å². The highest BCUT2D eigenvalue weighted by molar-refractivity contribution is 9.11. The summed E-state index contributed by atoms with van der Waals surface area (Å²) in [6.45, 7) is 2.39. The van der Waals surface area contributed by atoms with Gasteiger partial charge in [0, 0.05) is 12.2 Å². The summed E-state index contributed by atoms with van der Waals surface area (Å²) >= 11 is 4.99. The lowest BCUT2D eigenvalue weighted by Gasteiger charge is -2.03. The van der Waals surface area contributed by atoms with E-state index in [2.05, 4.69) is 26.2 Å². The fourth-order valence-electron chi connectivity index (χ4n) is 1.38. The smallest absolute Gasteiger partial charge is 0.270 e. The molecule has 0 spiro atoms. The highest BCUT2D eigenvalue weighted by Crippen LogP contribution is 2.20. The number of aryl methyl sites for hydroxylation is 1. The maximum atomic E-state index is 11.8. The Morgan fingerprint density at radius 3 is 3.00 bits per heavy atom. The number of pyridine rings is 1. The van der Waals surface area contributed by atoms with E-state index in [0.29, 0.717) is 12.2 Å². The molecule has 0 aliphatic heterocycles. The minimum Gasteiger partial charge on any atom is -0.347 e. The Morgan fingerprint density at radius 2 is 2.35 bits per heavy atom. The molecule has 2 aromatic heterocycles. The maximum Gasteiger partial charge on any atom is 0.270 e. The lowest BCUT2D eigenvalue weighted by molar-refractivity contribution is 0.0946. The van der Waals surface area contributed by atoms with Crippen LogP contribution in [0.5, 0.6) is 0 Å². The quantitative estimate of drug-likeness (QED) is 0.946. The molecule has 2 rings (SSSR count). The van der Waals surface area contributed by atoms with Crippen LogP contribution < -0.4 is 5.32 Å². The Kier molecular flexibility index (Phi) is 3.91. The van der Waals surface area contributed by atoms with E-state index in [0.717, 1.165) is 15.0 Å². The van der Waals surface area contributed by atoms with Crippen molar-refractivity contribution in [2.75, 3.05) is 0 Å². The first kappa shape index (κ1) is 12.3. The molecule has 0 fully saturated rings. The second-order valence-corrected chi connectivity index (χ2v) is 5.90. The molecule has 0 aromatic carbocycles. The molecule has 1 N–H and O–H groups in total. The standard InChI is InChI=1S/C12H11BrN2OS/c1-8-3-2-4-10(15-8)12(16)14-6-9-5-11(13)17-7-9/h2-5,7H,6H2,1H3,(H,14,16). The van der Waals surface area contributed by atoms with E-state index in [1.54, 1.807) is 17.4 Å². The summed E-state index contributed by atoms with van der Waals surface area (Å²) in [6.07, 6.45) is 0. The Balaban J connectivity index is 1.98. The third kappa shape index (κ3) is 3.38. The van der Waals surface area contributed by atoms with Gasteiger partial charge in [0.15, 0.2) is 0 Å². The number of nitrogens with one attached hydrogen (secondary N) is 1. The molecule has 0 atom stereocenters. The van der Waals surface area contributed by atoms with Crippen molar-refractivity contribution < 1.29 is 4.79 Å². The lowest BCUT2D eigenvalue weighted by Crippen LogP contribution is -2.23. The average Bonchev–Trinajstić information content (AvgIpc) is 2.72. The largest absolute Gasteiger partial charge is 0.347 e. The zero-order valence-electron chi connectivity index (χ0n) is 9.24. The van der Waals surface area contributed by atoms with Crippen LogP contribution in [0, 0.1) is 6.92 Å². The van der Waals surface area contributed by atoms with E-state index in [4.69, 9.17) is 0 Å². The summed E-state index contributed by atoms with van der Waals surface area (Å²) < 4.78 is 1.07. The Morgan fingerprint density at radius 1 is 1.53 bits per heavy atom. The van der Waals surface area contributed by atoms with Gasteiger partial charge < -0.3 is 5.32 Å². The number of nitrogens with zero attached hydrogens (tertiary/aromatic N) is 1. The second-order valence-electron chi connectivity index (χ2n) is 3.61. The van der Waals surface area contributed by atoms with Crippen LogP contribution in [0.1, 0.15) is 21.7 Å². The number of thiophene rings is 1. The van der Waals surface area contributed by atoms with Crippen LogP contribution in [-0.4, -0.2) is 10.9 Å². The fraction of sp³-hybridized carbons (Fsp3) is 0.167. The molecule has 0 saturated carbocycles. The van der Waals surface area contributed by atoms with Gasteiger partial charge in [-0.05, 0) is 52.0 Å². The molecule has 88 valence electrons. The SMILES string of the molecule is Cc1cccc(C(=O)NCc2csc(Br)c2)n1. The van der Waals surface area contributed by atoms with Crippen molar-refractivity contribution in [3.63, 3.8) is 0 Å². The normalized spacial score (nSPS) is 10.2. The first-order valence-corrected chi connectivity index (χ1v) is 6.77. The fourth-order valence-corrected chi connectivity index (χ4v) is 2.59. The number of carbonyl (C=O) groups excluding carboxylic acids is 1. The minimum atomic E-state index is -0.143. The zero-order valence-corrected chi connectivity index (χ0v) is 11.6. The lowest BCUT2D eigenvalue weighted by atomic mass is 10.3. The van der Waals surface area contributed by atoms with Crippen molar-refractivity contribution in [2.24, 2.45) is 0 Å². The average molecular weight is 311 g/mol. The van der Waals surface area contributed by atoms with Gasteiger partial charge in [-0.2, -0.15) is 0 Å². The molecule has 2 heterocycles. The van der Waals surface area contributed by atoms with Crippen LogP contribution in [-0.2, 0) is 6.54 Å². The molecule has 17 heavy (non-hydrogen) atoms. The molecular weight excluding hydrogens is 300 g/mol. The Hall–Kier alpha value is -1.20. The molecule has 3 nitrogen and oxygen atoms in total. The van der Waals surface area contributed by atoms with E-state index >= 15 is 0 Å². The second kappa shape index (κ2) is 5.42. The monoisotopic (exact) mass is 310 g/mol. The Labute approximate surface area is 112 Å². The molecule has 0 bridgehead atoms. The van der Waals surface area contributed by atoms with Gasteiger partial charge in [0.2, 0.25) is 0 Å². The molecule has 0 unspecified atom stereocenters. The minimum absolute atomic E-state index is 0.143. The molecule has 5 heteroatoms. The van der Waals surface area contributed by atoms with Crippen LogP contribution in [0.2, 0.25) is 0 Å². The van der Waals surface area contributed by atoms with Gasteiger partial charge in [0.05, 0.1) is 3.79 Å². The first-order chi connectivity index (χ1) is 8.15. The van der Waals surface area contributed by atoms with Crippen LogP contribution in [0.3, 0.4) is 0 Å². The molecular formula is C12H11BrN2OS. The van der Waals surface area contributed by atoms with Crippen molar-refractivity contribution in [1.82, 2.24) is 10.3 Å². The van der Waals surface area contributed by atoms with Gasteiger partial charge in [-0.25, -0.2) is 4.98 Å². The third-order valence-electron chi connectivity index (χ3n) is 2.20. The number of aromatic nitrogens is 1. The van der Waals surface area contributed by atoms with Crippen LogP contribution >= 0.6 is 27.3 Å². The number of rotatable bonds is 3. The van der Waals surface area contributed by atoms with E-state index in [1.807, 2.05) is 30.5 Å². The predicted octanol–water partition coefficient (Wildman–Crippen LogP) is 3.14. The zero-order chi connectivity index (χ0) is 12.3. The topological polar surface area (TPSA) is 42.0 Å². The van der Waals surface area contributed by atoms with E-state index in [-0.39, 0.29) is 5.91 Å². The summed E-state index contributed by atoms with van der Waals surface area (Å²) in [6, 6.07) is 7.41. The van der Waals surface area contributed by atoms with Gasteiger partial charge in [0.1, 0.15) is 5.69 Å². The first-order valence-electron chi connectivity index (χ1n) is 5.10. The summed E-state index contributed by atoms with van der Waals surface area (Å²) in [7, 11) is 0. The predicted molar refractivity (Wildman–Crippen MR) is 72.2 cm³/mol. The molecule has 2 aromatic rings. The van der Waals surface area contributed by atoms with Crippen molar-refractivity contribution >= 4 is 33.2 Å². The van der Waals surface area contributed by atoms with Gasteiger partial charge >= 0.3 is 0 Å². The van der Waals surface area contributed by atoms with E-state index in [9.17, 15) is 4.79 Å².